The maximum absolute atomic E-state index is 12.6. The molecule has 0 unspecified atom stereocenters. The van der Waals surface area contributed by atoms with Crippen molar-refractivity contribution in [1.82, 2.24) is 9.88 Å². The smallest absolute Gasteiger partial charge is 0.248 e. The van der Waals surface area contributed by atoms with E-state index in [0.717, 1.165) is 0 Å². The number of likely N-dealkylation sites (N-methyl/N-ethyl adjacent to an activating group) is 1. The summed E-state index contributed by atoms with van der Waals surface area (Å²) in [6.07, 6.45) is 7.71. The largest absolute Gasteiger partial charge is 0.492 e. The Kier molecular flexibility index (Phi) is 10.8. The lowest BCUT2D eigenvalue weighted by molar-refractivity contribution is -0.111. The molecule has 0 saturated carbocycles. The van der Waals surface area contributed by atoms with Crippen LogP contribution in [0.4, 0.5) is 17.1 Å². The highest BCUT2D eigenvalue weighted by Crippen LogP contribution is 2.37. The van der Waals surface area contributed by atoms with E-state index in [0.29, 0.717) is 68.9 Å². The monoisotopic (exact) mass is 558 g/mol. The predicted molar refractivity (Wildman–Crippen MR) is 162 cm³/mol. The zero-order valence-corrected chi connectivity index (χ0v) is 23.5. The van der Waals surface area contributed by atoms with E-state index in [9.17, 15) is 10.1 Å². The van der Waals surface area contributed by atoms with E-state index in [4.69, 9.17) is 21.1 Å². The topological polar surface area (TPSA) is 112 Å². The number of hydrogen-bond donors (Lipinski definition) is 2. The third-order valence-corrected chi connectivity index (χ3v) is 5.75. The van der Waals surface area contributed by atoms with E-state index in [-0.39, 0.29) is 12.5 Å². The number of aromatic nitrogens is 1. The van der Waals surface area contributed by atoms with Crippen molar-refractivity contribution in [3.05, 3.63) is 84.7 Å². The van der Waals surface area contributed by atoms with Gasteiger partial charge in [-0.15, -0.1) is 0 Å². The van der Waals surface area contributed by atoms with Crippen molar-refractivity contribution in [2.24, 2.45) is 4.99 Å². The second-order valence-corrected chi connectivity index (χ2v) is 9.08. The van der Waals surface area contributed by atoms with Crippen molar-refractivity contribution >= 4 is 51.2 Å². The van der Waals surface area contributed by atoms with Gasteiger partial charge in [-0.2, -0.15) is 5.26 Å². The Morgan fingerprint density at radius 1 is 1.23 bits per heavy atom. The summed E-state index contributed by atoms with van der Waals surface area (Å²) in [5.74, 6) is 0.622. The van der Waals surface area contributed by atoms with Crippen molar-refractivity contribution in [2.45, 2.75) is 6.92 Å². The molecule has 1 aromatic heterocycles. The molecule has 0 radical (unpaired) electrons. The Morgan fingerprint density at radius 3 is 2.67 bits per heavy atom. The Balaban J connectivity index is 1.97. The van der Waals surface area contributed by atoms with Crippen LogP contribution in [0.5, 0.6) is 11.5 Å². The van der Waals surface area contributed by atoms with Crippen LogP contribution in [0.2, 0.25) is 5.02 Å². The number of carbonyl (C=O) groups is 1. The Labute approximate surface area is 239 Å². The maximum atomic E-state index is 12.6. The van der Waals surface area contributed by atoms with Crippen LogP contribution in [0.15, 0.2) is 79.1 Å². The summed E-state index contributed by atoms with van der Waals surface area (Å²) in [5.41, 5.74) is 3.08. The fourth-order valence-corrected chi connectivity index (χ4v) is 3.85. The van der Waals surface area contributed by atoms with Crippen LogP contribution in [0.1, 0.15) is 12.5 Å². The number of pyridine rings is 1. The van der Waals surface area contributed by atoms with Gasteiger partial charge in [-0.1, -0.05) is 30.8 Å². The second-order valence-electron chi connectivity index (χ2n) is 8.68. The predicted octanol–water partition coefficient (Wildman–Crippen LogP) is 6.11. The number of nitriles is 1. The molecule has 10 heteroatoms. The van der Waals surface area contributed by atoms with Crippen LogP contribution >= 0.6 is 11.6 Å². The van der Waals surface area contributed by atoms with Gasteiger partial charge in [-0.3, -0.25) is 14.8 Å². The first-order valence-corrected chi connectivity index (χ1v) is 12.8. The van der Waals surface area contributed by atoms with Gasteiger partial charge in [0.2, 0.25) is 5.91 Å². The van der Waals surface area contributed by atoms with E-state index in [1.165, 1.54) is 18.5 Å². The average Bonchev–Trinajstić information content (AvgIpc) is 2.92. The molecule has 3 rings (SSSR count). The lowest BCUT2D eigenvalue weighted by Crippen LogP contribution is -2.13. The molecular formula is C30H31ClN6O3. The number of fused-ring (bicyclic) bond motifs is 1. The summed E-state index contributed by atoms with van der Waals surface area (Å²) in [6.45, 7) is 10.3. The molecule has 206 valence electrons. The van der Waals surface area contributed by atoms with Gasteiger partial charge < -0.3 is 25.0 Å². The van der Waals surface area contributed by atoms with Crippen molar-refractivity contribution in [3.63, 3.8) is 0 Å². The van der Waals surface area contributed by atoms with Crippen molar-refractivity contribution in [3.8, 4) is 17.6 Å². The molecule has 0 aliphatic heterocycles. The molecule has 40 heavy (non-hydrogen) atoms. The van der Waals surface area contributed by atoms with E-state index >= 15 is 0 Å². The number of benzene rings is 2. The second kappa shape index (κ2) is 14.5. The summed E-state index contributed by atoms with van der Waals surface area (Å²) >= 11 is 6.49. The van der Waals surface area contributed by atoms with Gasteiger partial charge in [0.25, 0.3) is 0 Å². The number of ether oxygens (including phenoxy) is 2. The molecule has 0 saturated heterocycles. The van der Waals surface area contributed by atoms with Gasteiger partial charge in [0.15, 0.2) is 0 Å². The molecule has 0 aliphatic carbocycles. The summed E-state index contributed by atoms with van der Waals surface area (Å²) < 4.78 is 11.5. The minimum atomic E-state index is -0.304. The lowest BCUT2D eigenvalue weighted by Gasteiger charge is -2.16. The number of halogens is 1. The van der Waals surface area contributed by atoms with Gasteiger partial charge in [-0.05, 0) is 51.4 Å². The molecule has 3 aromatic rings. The number of nitrogens with one attached hydrogen (secondary N) is 2. The summed E-state index contributed by atoms with van der Waals surface area (Å²) in [4.78, 5) is 23.1. The van der Waals surface area contributed by atoms with Gasteiger partial charge in [-0.25, -0.2) is 0 Å². The summed E-state index contributed by atoms with van der Waals surface area (Å²) in [6, 6.07) is 10.8. The fourth-order valence-electron chi connectivity index (χ4n) is 3.61. The third-order valence-electron chi connectivity index (χ3n) is 5.46. The van der Waals surface area contributed by atoms with E-state index in [2.05, 4.69) is 39.8 Å². The quantitative estimate of drug-likeness (QED) is 0.192. The standard InChI is InChI=1S/C30H31ClN6O3/c1-6-21(33-7-2)19-40-27-12-11-22(14-24(27)31)35-30-20(17-32)18-34-25-16-28(39-8-3)26(15-23(25)30)36-29(38)10-9-13-37(4)5/h6-7,9-12,14-16,18H,1-2,8,13,19H2,3-5H3,(H,34,35)(H,36,38)/b10-9+,33-21+. The Bertz CT molecular complexity index is 1510. The highest BCUT2D eigenvalue weighted by atomic mass is 35.5. The number of amides is 1. The zero-order valence-electron chi connectivity index (χ0n) is 22.7. The minimum absolute atomic E-state index is 0.177. The van der Waals surface area contributed by atoms with Gasteiger partial charge in [0.05, 0.1) is 39.8 Å². The first-order chi connectivity index (χ1) is 19.3. The van der Waals surface area contributed by atoms with E-state index in [1.54, 1.807) is 42.5 Å². The summed E-state index contributed by atoms with van der Waals surface area (Å²) in [7, 11) is 3.83. The number of rotatable bonds is 13. The number of hydrogen-bond acceptors (Lipinski definition) is 8. The van der Waals surface area contributed by atoms with Crippen LogP contribution in [-0.2, 0) is 4.79 Å². The van der Waals surface area contributed by atoms with Gasteiger partial charge in [0, 0.05) is 42.2 Å². The molecule has 9 nitrogen and oxygen atoms in total. The Hall–Kier alpha value is -4.65. The molecule has 1 heterocycles. The fraction of sp³-hybridized carbons (Fsp3) is 0.200. The average molecular weight is 559 g/mol. The number of carbonyl (C=O) groups excluding carboxylic acids is 1. The van der Waals surface area contributed by atoms with Crippen molar-refractivity contribution in [2.75, 3.05) is 44.5 Å². The Morgan fingerprint density at radius 2 is 2.02 bits per heavy atom. The first kappa shape index (κ1) is 29.9. The normalized spacial score (nSPS) is 11.3. The summed E-state index contributed by atoms with van der Waals surface area (Å²) in [5, 5.41) is 17.0. The number of aliphatic imine (C=N–C) groups is 1. The van der Waals surface area contributed by atoms with Gasteiger partial charge in [0.1, 0.15) is 24.2 Å². The number of nitrogens with zero attached hydrogens (tertiary/aromatic N) is 4. The molecule has 0 spiro atoms. The van der Waals surface area contributed by atoms with Gasteiger partial charge >= 0.3 is 0 Å². The molecule has 2 aromatic carbocycles. The lowest BCUT2D eigenvalue weighted by atomic mass is 10.1. The van der Waals surface area contributed by atoms with Crippen LogP contribution in [-0.4, -0.2) is 55.4 Å². The SMILES string of the molecule is C=C/N=C(\C=C)COc1ccc(Nc2c(C#N)cnc3cc(OCC)c(NC(=O)/C=C/CN(C)C)cc23)cc1Cl. The minimum Gasteiger partial charge on any atom is -0.492 e. The maximum Gasteiger partial charge on any atom is 0.248 e. The van der Waals surface area contributed by atoms with Crippen LogP contribution in [0, 0.1) is 11.3 Å². The van der Waals surface area contributed by atoms with Crippen molar-refractivity contribution < 1.29 is 14.3 Å². The number of anilines is 3. The van der Waals surface area contributed by atoms with Crippen LogP contribution in [0.3, 0.4) is 0 Å². The highest BCUT2D eigenvalue weighted by molar-refractivity contribution is 6.32. The molecule has 0 atom stereocenters. The molecule has 0 aliphatic rings. The molecule has 2 N–H and O–H groups in total. The zero-order chi connectivity index (χ0) is 29.1. The molecule has 1 amide bonds. The van der Waals surface area contributed by atoms with Crippen LogP contribution in [0.25, 0.3) is 10.9 Å². The molecule has 0 bridgehead atoms. The molecule has 0 fully saturated rings. The van der Waals surface area contributed by atoms with Crippen molar-refractivity contribution in [1.29, 1.82) is 5.26 Å². The highest BCUT2D eigenvalue weighted by Gasteiger charge is 2.16. The third kappa shape index (κ3) is 7.93. The first-order valence-electron chi connectivity index (χ1n) is 12.4. The van der Waals surface area contributed by atoms with Crippen LogP contribution < -0.4 is 20.1 Å². The molecular weight excluding hydrogens is 528 g/mol. The van der Waals surface area contributed by atoms with E-state index in [1.807, 2.05) is 25.9 Å². The van der Waals surface area contributed by atoms with E-state index < -0.39 is 0 Å².